The number of anilines is 1. The van der Waals surface area contributed by atoms with E-state index in [0.717, 1.165) is 42.8 Å². The second kappa shape index (κ2) is 13.3. The van der Waals surface area contributed by atoms with Gasteiger partial charge in [0, 0.05) is 29.1 Å². The van der Waals surface area contributed by atoms with Crippen LogP contribution in [0.3, 0.4) is 0 Å². The number of pyridine rings is 1. The van der Waals surface area contributed by atoms with Gasteiger partial charge in [-0.3, -0.25) is 19.0 Å². The molecule has 0 aliphatic carbocycles. The summed E-state index contributed by atoms with van der Waals surface area (Å²) in [5.41, 5.74) is 5.61. The number of nitrogens with one attached hydrogen (secondary N) is 2. The molecule has 4 rings (SSSR count). The Hall–Kier alpha value is -4.71. The van der Waals surface area contributed by atoms with Gasteiger partial charge in [0.05, 0.1) is 12.2 Å². The lowest BCUT2D eigenvalue weighted by Gasteiger charge is -2.19. The molecular formula is C30H33F2N7O3. The first kappa shape index (κ1) is 30.3. The predicted octanol–water partition coefficient (Wildman–Crippen LogP) is 3.39. The van der Waals surface area contributed by atoms with Crippen molar-refractivity contribution in [2.45, 2.75) is 27.2 Å². The highest BCUT2D eigenvalue weighted by Crippen LogP contribution is 2.32. The van der Waals surface area contributed by atoms with Crippen molar-refractivity contribution < 1.29 is 18.4 Å². The number of halogens is 2. The van der Waals surface area contributed by atoms with Crippen molar-refractivity contribution in [3.05, 3.63) is 81.6 Å². The molecule has 4 aromatic rings. The number of nitrogens with zero attached hydrogens (tertiary/aromatic N) is 4. The maximum absolute atomic E-state index is 15.0. The number of amides is 2. The highest BCUT2D eigenvalue weighted by atomic mass is 19.1. The molecule has 0 saturated carbocycles. The van der Waals surface area contributed by atoms with E-state index in [9.17, 15) is 23.2 Å². The topological polar surface area (TPSA) is 135 Å². The molecule has 0 saturated heterocycles. The van der Waals surface area contributed by atoms with Crippen LogP contribution in [0.5, 0.6) is 0 Å². The second-order valence-corrected chi connectivity index (χ2v) is 9.64. The molecule has 2 aromatic carbocycles. The first-order valence-electron chi connectivity index (χ1n) is 13.7. The molecule has 0 atom stereocenters. The summed E-state index contributed by atoms with van der Waals surface area (Å²) in [5, 5.41) is 6.00. The summed E-state index contributed by atoms with van der Waals surface area (Å²) in [6.45, 7) is 8.72. The summed E-state index contributed by atoms with van der Waals surface area (Å²) in [5.74, 6) is -2.90. The molecule has 0 aliphatic rings. The standard InChI is InChI=1S/C30H33F2N7O3/c1-4-38(5-2)16-8-15-34-30-36-26(19-9-6-10-20(18(19)3)29(42)35-17-24(33)40)21-13-14-25(41)39(28(21)37-30)27-22(31)11-7-12-23(27)32/h6-7,9-14H,4-5,8,15-17H2,1-3H3,(H2,33,40)(H,35,42)(H,34,36,37). The summed E-state index contributed by atoms with van der Waals surface area (Å²) in [4.78, 5) is 48.6. The number of aromatic nitrogens is 3. The van der Waals surface area contributed by atoms with Crippen LogP contribution in [-0.2, 0) is 4.79 Å². The van der Waals surface area contributed by atoms with Gasteiger partial charge in [0.25, 0.3) is 11.5 Å². The van der Waals surface area contributed by atoms with Gasteiger partial charge in [-0.05, 0) is 62.8 Å². The summed E-state index contributed by atoms with van der Waals surface area (Å²) < 4.78 is 30.8. The van der Waals surface area contributed by atoms with Gasteiger partial charge >= 0.3 is 0 Å². The summed E-state index contributed by atoms with van der Waals surface area (Å²) in [6, 6.07) is 11.0. The highest BCUT2D eigenvalue weighted by Gasteiger charge is 2.21. The monoisotopic (exact) mass is 577 g/mol. The minimum absolute atomic E-state index is 0.00859. The normalized spacial score (nSPS) is 11.2. The SMILES string of the molecule is CCN(CC)CCCNc1nc(-c2cccc(C(=O)NCC(N)=O)c2C)c2ccc(=O)n(-c3c(F)cccc3F)c2n1. The Morgan fingerprint density at radius 1 is 1.00 bits per heavy atom. The Balaban J connectivity index is 1.90. The molecule has 2 amide bonds. The second-order valence-electron chi connectivity index (χ2n) is 9.64. The van der Waals surface area contributed by atoms with Crippen molar-refractivity contribution in [3.8, 4) is 16.9 Å². The number of nitrogens with two attached hydrogens (primary N) is 1. The van der Waals surface area contributed by atoms with Gasteiger partial charge in [-0.2, -0.15) is 4.98 Å². The maximum atomic E-state index is 15.0. The Morgan fingerprint density at radius 2 is 1.69 bits per heavy atom. The van der Waals surface area contributed by atoms with Crippen LogP contribution >= 0.6 is 0 Å². The third kappa shape index (κ3) is 6.44. The Morgan fingerprint density at radius 3 is 2.36 bits per heavy atom. The number of primary amides is 1. The molecule has 42 heavy (non-hydrogen) atoms. The lowest BCUT2D eigenvalue weighted by molar-refractivity contribution is -0.117. The minimum Gasteiger partial charge on any atom is -0.368 e. The molecular weight excluding hydrogens is 544 g/mol. The lowest BCUT2D eigenvalue weighted by atomic mass is 9.97. The first-order chi connectivity index (χ1) is 20.2. The van der Waals surface area contributed by atoms with Crippen LogP contribution in [0.1, 0.15) is 36.2 Å². The zero-order valence-corrected chi connectivity index (χ0v) is 23.7. The van der Waals surface area contributed by atoms with E-state index in [4.69, 9.17) is 10.7 Å². The van der Waals surface area contributed by atoms with Gasteiger partial charge in [0.15, 0.2) is 5.65 Å². The molecule has 220 valence electrons. The molecule has 0 bridgehead atoms. The number of rotatable bonds is 12. The fraction of sp³-hybridized carbons (Fsp3) is 0.300. The number of fused-ring (bicyclic) bond motifs is 1. The number of hydrogen-bond donors (Lipinski definition) is 3. The van der Waals surface area contributed by atoms with E-state index in [0.29, 0.717) is 28.8 Å². The van der Waals surface area contributed by atoms with Gasteiger partial charge in [0.1, 0.15) is 17.3 Å². The Labute approximate surface area is 241 Å². The third-order valence-electron chi connectivity index (χ3n) is 7.00. The average molecular weight is 578 g/mol. The van der Waals surface area contributed by atoms with E-state index < -0.39 is 34.7 Å². The highest BCUT2D eigenvalue weighted by molar-refractivity contribution is 6.01. The van der Waals surface area contributed by atoms with Crippen molar-refractivity contribution in [2.24, 2.45) is 5.73 Å². The van der Waals surface area contributed by atoms with E-state index in [1.165, 1.54) is 18.2 Å². The van der Waals surface area contributed by atoms with Crippen molar-refractivity contribution in [1.29, 1.82) is 0 Å². The summed E-state index contributed by atoms with van der Waals surface area (Å²) >= 11 is 0. The van der Waals surface area contributed by atoms with Gasteiger partial charge in [0.2, 0.25) is 11.9 Å². The van der Waals surface area contributed by atoms with Crippen LogP contribution in [-0.4, -0.2) is 64.0 Å². The molecule has 12 heteroatoms. The predicted molar refractivity (Wildman–Crippen MR) is 158 cm³/mol. The van der Waals surface area contributed by atoms with Crippen LogP contribution in [0.2, 0.25) is 0 Å². The molecule has 0 spiro atoms. The van der Waals surface area contributed by atoms with Crippen molar-refractivity contribution >= 4 is 28.8 Å². The zero-order valence-electron chi connectivity index (χ0n) is 23.7. The Bertz CT molecular complexity index is 1670. The largest absolute Gasteiger partial charge is 0.368 e. The molecule has 2 heterocycles. The quantitative estimate of drug-likeness (QED) is 0.220. The zero-order chi connectivity index (χ0) is 30.4. The van der Waals surface area contributed by atoms with Crippen molar-refractivity contribution in [2.75, 3.05) is 38.0 Å². The number of hydrogen-bond acceptors (Lipinski definition) is 7. The number of para-hydroxylation sites is 1. The number of carbonyl (C=O) groups is 2. The van der Waals surface area contributed by atoms with Gasteiger partial charge < -0.3 is 21.3 Å². The summed E-state index contributed by atoms with van der Waals surface area (Å²) in [6.07, 6.45) is 0.774. The van der Waals surface area contributed by atoms with E-state index >= 15 is 0 Å². The molecule has 2 aromatic heterocycles. The molecule has 0 radical (unpaired) electrons. The van der Waals surface area contributed by atoms with Crippen LogP contribution in [0.4, 0.5) is 14.7 Å². The van der Waals surface area contributed by atoms with E-state index in [-0.39, 0.29) is 23.7 Å². The molecule has 0 aliphatic heterocycles. The number of carbonyl (C=O) groups excluding carboxylic acids is 2. The minimum atomic E-state index is -0.928. The van der Waals surface area contributed by atoms with Gasteiger partial charge in [-0.15, -0.1) is 0 Å². The molecule has 0 fully saturated rings. The van der Waals surface area contributed by atoms with E-state index in [1.54, 1.807) is 25.1 Å². The number of benzene rings is 2. The fourth-order valence-corrected chi connectivity index (χ4v) is 4.76. The molecule has 0 unspecified atom stereocenters. The maximum Gasteiger partial charge on any atom is 0.256 e. The van der Waals surface area contributed by atoms with Crippen molar-refractivity contribution in [3.63, 3.8) is 0 Å². The van der Waals surface area contributed by atoms with Gasteiger partial charge in [-0.1, -0.05) is 32.0 Å². The van der Waals surface area contributed by atoms with Crippen LogP contribution in [0.25, 0.3) is 28.0 Å². The van der Waals surface area contributed by atoms with Crippen LogP contribution < -0.4 is 21.9 Å². The molecule has 10 nitrogen and oxygen atoms in total. The third-order valence-corrected chi connectivity index (χ3v) is 7.00. The van der Waals surface area contributed by atoms with E-state index in [1.807, 2.05) is 0 Å². The van der Waals surface area contributed by atoms with E-state index in [2.05, 4.69) is 34.4 Å². The lowest BCUT2D eigenvalue weighted by Crippen LogP contribution is -2.33. The summed E-state index contributed by atoms with van der Waals surface area (Å²) in [7, 11) is 0. The average Bonchev–Trinajstić information content (AvgIpc) is 2.96. The Kier molecular flexibility index (Phi) is 9.58. The van der Waals surface area contributed by atoms with Crippen LogP contribution in [0.15, 0.2) is 53.3 Å². The van der Waals surface area contributed by atoms with Gasteiger partial charge in [-0.25, -0.2) is 13.8 Å². The van der Waals surface area contributed by atoms with Crippen molar-refractivity contribution in [1.82, 2.24) is 24.8 Å². The smallest absolute Gasteiger partial charge is 0.256 e. The molecule has 4 N–H and O–H groups in total. The first-order valence-corrected chi connectivity index (χ1v) is 13.7. The fourth-order valence-electron chi connectivity index (χ4n) is 4.76. The van der Waals surface area contributed by atoms with Crippen LogP contribution in [0, 0.1) is 18.6 Å².